The van der Waals surface area contributed by atoms with E-state index in [4.69, 9.17) is 0 Å². The Morgan fingerprint density at radius 2 is 2.05 bits per heavy atom. The third-order valence-electron chi connectivity index (χ3n) is 2.89. The predicted molar refractivity (Wildman–Crippen MR) is 85.0 cm³/mol. The lowest BCUT2D eigenvalue weighted by molar-refractivity contribution is 0.551. The standard InChI is InChI=1S/C15H22N4S/c1-12(2)7-16-8-13-9-17-15(18-10-13)19(3)11-14-5-4-6-20-14/h4-6,9-10,12,16H,7-8,11H2,1-3H3. The first-order chi connectivity index (χ1) is 9.65. The first kappa shape index (κ1) is 14.9. The van der Waals surface area contributed by atoms with Gasteiger partial charge in [-0.2, -0.15) is 0 Å². The van der Waals surface area contributed by atoms with Crippen LogP contribution in [0.2, 0.25) is 0 Å². The Hall–Kier alpha value is -1.46. The number of nitrogens with zero attached hydrogens (tertiary/aromatic N) is 3. The molecule has 5 heteroatoms. The number of hydrogen-bond donors (Lipinski definition) is 1. The summed E-state index contributed by atoms with van der Waals surface area (Å²) < 4.78 is 0. The zero-order chi connectivity index (χ0) is 14.4. The molecule has 2 aromatic rings. The van der Waals surface area contributed by atoms with Gasteiger partial charge in [0.1, 0.15) is 0 Å². The van der Waals surface area contributed by atoms with Crippen molar-refractivity contribution in [2.75, 3.05) is 18.5 Å². The Bertz CT molecular complexity index is 493. The molecule has 0 aliphatic carbocycles. The molecule has 2 rings (SSSR count). The molecule has 2 heterocycles. The SMILES string of the molecule is CC(C)CNCc1cnc(N(C)Cc2cccs2)nc1. The number of nitrogens with one attached hydrogen (secondary N) is 1. The molecule has 20 heavy (non-hydrogen) atoms. The predicted octanol–water partition coefficient (Wildman–Crippen LogP) is 2.92. The van der Waals surface area contributed by atoms with Gasteiger partial charge in [0.2, 0.25) is 5.95 Å². The highest BCUT2D eigenvalue weighted by Gasteiger charge is 2.06. The van der Waals surface area contributed by atoms with Gasteiger partial charge < -0.3 is 10.2 Å². The van der Waals surface area contributed by atoms with Gasteiger partial charge in [-0.1, -0.05) is 19.9 Å². The van der Waals surface area contributed by atoms with Crippen LogP contribution in [0.5, 0.6) is 0 Å². The number of anilines is 1. The van der Waals surface area contributed by atoms with Crippen LogP contribution in [0.3, 0.4) is 0 Å². The van der Waals surface area contributed by atoms with E-state index in [1.165, 1.54) is 4.88 Å². The van der Waals surface area contributed by atoms with Gasteiger partial charge in [-0.05, 0) is 23.9 Å². The van der Waals surface area contributed by atoms with Gasteiger partial charge >= 0.3 is 0 Å². The van der Waals surface area contributed by atoms with Gasteiger partial charge in [0.25, 0.3) is 0 Å². The molecule has 108 valence electrons. The number of thiophene rings is 1. The second kappa shape index (κ2) is 7.36. The molecule has 0 aromatic carbocycles. The molecular formula is C15H22N4S. The summed E-state index contributed by atoms with van der Waals surface area (Å²) in [7, 11) is 2.02. The Morgan fingerprint density at radius 3 is 2.65 bits per heavy atom. The van der Waals surface area contributed by atoms with Crippen LogP contribution in [-0.4, -0.2) is 23.6 Å². The molecule has 0 spiro atoms. The van der Waals surface area contributed by atoms with Gasteiger partial charge in [-0.15, -0.1) is 11.3 Å². The lowest BCUT2D eigenvalue weighted by Crippen LogP contribution is -2.21. The largest absolute Gasteiger partial charge is 0.339 e. The van der Waals surface area contributed by atoms with Crippen molar-refractivity contribution in [2.24, 2.45) is 5.92 Å². The van der Waals surface area contributed by atoms with E-state index in [0.717, 1.165) is 31.1 Å². The van der Waals surface area contributed by atoms with Gasteiger partial charge in [0.05, 0.1) is 6.54 Å². The fourth-order valence-corrected chi connectivity index (χ4v) is 2.61. The molecule has 2 aromatic heterocycles. The maximum Gasteiger partial charge on any atom is 0.225 e. The normalized spacial score (nSPS) is 11.0. The van der Waals surface area contributed by atoms with Crippen molar-refractivity contribution in [3.63, 3.8) is 0 Å². The fourth-order valence-electron chi connectivity index (χ4n) is 1.85. The Labute approximate surface area is 124 Å². The summed E-state index contributed by atoms with van der Waals surface area (Å²) in [6.45, 7) is 7.09. The molecule has 0 aliphatic rings. The van der Waals surface area contributed by atoms with Crippen LogP contribution in [0.15, 0.2) is 29.9 Å². The van der Waals surface area contributed by atoms with E-state index in [1.807, 2.05) is 19.4 Å². The Kier molecular flexibility index (Phi) is 5.49. The van der Waals surface area contributed by atoms with Crippen molar-refractivity contribution in [3.8, 4) is 0 Å². The zero-order valence-electron chi connectivity index (χ0n) is 12.3. The minimum Gasteiger partial charge on any atom is -0.339 e. The van der Waals surface area contributed by atoms with E-state index in [0.29, 0.717) is 5.92 Å². The second-order valence-electron chi connectivity index (χ2n) is 5.35. The molecule has 0 amide bonds. The third kappa shape index (κ3) is 4.58. The van der Waals surface area contributed by atoms with E-state index < -0.39 is 0 Å². The van der Waals surface area contributed by atoms with Crippen LogP contribution in [0.1, 0.15) is 24.3 Å². The lowest BCUT2D eigenvalue weighted by atomic mass is 10.2. The van der Waals surface area contributed by atoms with Crippen molar-refractivity contribution < 1.29 is 0 Å². The summed E-state index contributed by atoms with van der Waals surface area (Å²) in [5.74, 6) is 1.43. The van der Waals surface area contributed by atoms with Crippen molar-refractivity contribution >= 4 is 17.3 Å². The van der Waals surface area contributed by atoms with Crippen molar-refractivity contribution in [1.82, 2.24) is 15.3 Å². The molecule has 0 saturated carbocycles. The first-order valence-corrected chi connectivity index (χ1v) is 7.78. The molecule has 0 fully saturated rings. The molecule has 4 nitrogen and oxygen atoms in total. The minimum absolute atomic E-state index is 0.659. The van der Waals surface area contributed by atoms with Gasteiger partial charge in [0.15, 0.2) is 0 Å². The highest BCUT2D eigenvalue weighted by Crippen LogP contribution is 2.14. The van der Waals surface area contributed by atoms with E-state index in [-0.39, 0.29) is 0 Å². The number of aromatic nitrogens is 2. The monoisotopic (exact) mass is 290 g/mol. The maximum absolute atomic E-state index is 4.44. The molecular weight excluding hydrogens is 268 g/mol. The molecule has 1 N–H and O–H groups in total. The van der Waals surface area contributed by atoms with Gasteiger partial charge in [0, 0.05) is 36.4 Å². The molecule has 0 atom stereocenters. The fraction of sp³-hybridized carbons (Fsp3) is 0.467. The quantitative estimate of drug-likeness (QED) is 0.851. The van der Waals surface area contributed by atoms with Gasteiger partial charge in [-0.3, -0.25) is 0 Å². The molecule has 0 radical (unpaired) electrons. The van der Waals surface area contributed by atoms with Crippen LogP contribution < -0.4 is 10.2 Å². The minimum atomic E-state index is 0.659. The van der Waals surface area contributed by atoms with Crippen molar-refractivity contribution in [3.05, 3.63) is 40.3 Å². The summed E-state index contributed by atoms with van der Waals surface area (Å²) in [5.41, 5.74) is 1.12. The zero-order valence-corrected chi connectivity index (χ0v) is 13.2. The van der Waals surface area contributed by atoms with E-state index >= 15 is 0 Å². The van der Waals surface area contributed by atoms with Crippen LogP contribution >= 0.6 is 11.3 Å². The summed E-state index contributed by atoms with van der Waals surface area (Å²) in [6, 6.07) is 4.20. The van der Waals surface area contributed by atoms with Crippen molar-refractivity contribution in [2.45, 2.75) is 26.9 Å². The van der Waals surface area contributed by atoms with Crippen molar-refractivity contribution in [1.29, 1.82) is 0 Å². The topological polar surface area (TPSA) is 41.1 Å². The van der Waals surface area contributed by atoms with Crippen LogP contribution in [0.25, 0.3) is 0 Å². The number of hydrogen-bond acceptors (Lipinski definition) is 5. The van der Waals surface area contributed by atoms with Gasteiger partial charge in [-0.25, -0.2) is 9.97 Å². The Balaban J connectivity index is 1.87. The highest BCUT2D eigenvalue weighted by atomic mass is 32.1. The number of rotatable bonds is 7. The molecule has 0 unspecified atom stereocenters. The van der Waals surface area contributed by atoms with Crippen LogP contribution in [-0.2, 0) is 13.1 Å². The summed E-state index contributed by atoms with van der Waals surface area (Å²) in [6.07, 6.45) is 3.81. The Morgan fingerprint density at radius 1 is 1.30 bits per heavy atom. The average Bonchev–Trinajstić information content (AvgIpc) is 2.92. The van der Waals surface area contributed by atoms with E-state index in [2.05, 4.69) is 51.5 Å². The molecule has 0 bridgehead atoms. The molecule has 0 saturated heterocycles. The summed E-state index contributed by atoms with van der Waals surface area (Å²) in [5, 5.41) is 5.49. The summed E-state index contributed by atoms with van der Waals surface area (Å²) in [4.78, 5) is 12.3. The third-order valence-corrected chi connectivity index (χ3v) is 3.75. The van der Waals surface area contributed by atoms with E-state index in [9.17, 15) is 0 Å². The highest BCUT2D eigenvalue weighted by molar-refractivity contribution is 7.09. The van der Waals surface area contributed by atoms with E-state index in [1.54, 1.807) is 11.3 Å². The first-order valence-electron chi connectivity index (χ1n) is 6.90. The average molecular weight is 290 g/mol. The lowest BCUT2D eigenvalue weighted by Gasteiger charge is -2.16. The van der Waals surface area contributed by atoms with Crippen LogP contribution in [0, 0.1) is 5.92 Å². The maximum atomic E-state index is 4.44. The van der Waals surface area contributed by atoms with Crippen LogP contribution in [0.4, 0.5) is 5.95 Å². The molecule has 0 aliphatic heterocycles. The smallest absolute Gasteiger partial charge is 0.225 e. The summed E-state index contributed by atoms with van der Waals surface area (Å²) >= 11 is 1.76. The second-order valence-corrected chi connectivity index (χ2v) is 6.38.